The zero-order chi connectivity index (χ0) is 10.3. The Morgan fingerprint density at radius 1 is 1.20 bits per heavy atom. The molecule has 0 radical (unpaired) electrons. The summed E-state index contributed by atoms with van der Waals surface area (Å²) in [6, 6.07) is 8.48. The molecule has 3 rings (SSSR count). The SMILES string of the molecule is CC1(c2ccc(-c3nnn[nH]3)cc2)CC1. The fraction of sp³-hybridized carbons (Fsp3) is 0.364. The van der Waals surface area contributed by atoms with Gasteiger partial charge in [-0.05, 0) is 34.2 Å². The topological polar surface area (TPSA) is 54.5 Å². The highest BCUT2D eigenvalue weighted by molar-refractivity contribution is 5.55. The van der Waals surface area contributed by atoms with Crippen LogP contribution in [-0.2, 0) is 5.41 Å². The molecule has 0 bridgehead atoms. The van der Waals surface area contributed by atoms with Gasteiger partial charge < -0.3 is 0 Å². The molecule has 0 atom stereocenters. The summed E-state index contributed by atoms with van der Waals surface area (Å²) >= 11 is 0. The van der Waals surface area contributed by atoms with Crippen LogP contribution in [0.3, 0.4) is 0 Å². The average Bonchev–Trinajstić information content (AvgIpc) is 2.84. The van der Waals surface area contributed by atoms with Crippen molar-refractivity contribution in [3.63, 3.8) is 0 Å². The Morgan fingerprint density at radius 2 is 1.93 bits per heavy atom. The Hall–Kier alpha value is -1.71. The van der Waals surface area contributed by atoms with Gasteiger partial charge in [-0.1, -0.05) is 31.2 Å². The second kappa shape index (κ2) is 2.89. The molecule has 4 heteroatoms. The summed E-state index contributed by atoms with van der Waals surface area (Å²) in [4.78, 5) is 0. The van der Waals surface area contributed by atoms with Crippen LogP contribution >= 0.6 is 0 Å². The fourth-order valence-electron chi connectivity index (χ4n) is 1.79. The number of hydrogen-bond acceptors (Lipinski definition) is 3. The summed E-state index contributed by atoms with van der Waals surface area (Å²) in [6.45, 7) is 2.30. The maximum Gasteiger partial charge on any atom is 0.179 e. The van der Waals surface area contributed by atoms with E-state index >= 15 is 0 Å². The Balaban J connectivity index is 1.94. The summed E-state index contributed by atoms with van der Waals surface area (Å²) < 4.78 is 0. The van der Waals surface area contributed by atoms with Crippen molar-refractivity contribution in [2.24, 2.45) is 0 Å². The lowest BCUT2D eigenvalue weighted by Gasteiger charge is -2.08. The third-order valence-corrected chi connectivity index (χ3v) is 3.20. The van der Waals surface area contributed by atoms with Gasteiger partial charge in [0.1, 0.15) is 0 Å². The molecule has 15 heavy (non-hydrogen) atoms. The van der Waals surface area contributed by atoms with Crippen molar-refractivity contribution in [2.75, 3.05) is 0 Å². The molecular weight excluding hydrogens is 188 g/mol. The van der Waals surface area contributed by atoms with Crippen LogP contribution in [-0.4, -0.2) is 20.6 Å². The summed E-state index contributed by atoms with van der Waals surface area (Å²) in [5.74, 6) is 0.725. The van der Waals surface area contributed by atoms with Crippen LogP contribution in [0.5, 0.6) is 0 Å². The molecule has 0 aliphatic heterocycles. The van der Waals surface area contributed by atoms with Crippen LogP contribution in [0.25, 0.3) is 11.4 Å². The fourth-order valence-corrected chi connectivity index (χ4v) is 1.79. The van der Waals surface area contributed by atoms with Gasteiger partial charge in [-0.25, -0.2) is 5.10 Å². The second-order valence-corrected chi connectivity index (χ2v) is 4.39. The minimum atomic E-state index is 0.429. The van der Waals surface area contributed by atoms with Gasteiger partial charge in [0.05, 0.1) is 0 Å². The summed E-state index contributed by atoms with van der Waals surface area (Å²) in [6.07, 6.45) is 2.60. The molecule has 1 fully saturated rings. The molecule has 0 spiro atoms. The second-order valence-electron chi connectivity index (χ2n) is 4.39. The maximum atomic E-state index is 3.88. The smallest absolute Gasteiger partial charge is 0.179 e. The number of tetrazole rings is 1. The first-order valence-electron chi connectivity index (χ1n) is 5.13. The van der Waals surface area contributed by atoms with Gasteiger partial charge in [0.25, 0.3) is 0 Å². The standard InChI is InChI=1S/C11H12N4/c1-11(6-7-11)9-4-2-8(3-5-9)10-12-14-15-13-10/h2-5H,6-7H2,1H3,(H,12,13,14,15). The van der Waals surface area contributed by atoms with Crippen molar-refractivity contribution in [1.29, 1.82) is 0 Å². The molecule has 1 aliphatic rings. The van der Waals surface area contributed by atoms with Crippen LogP contribution in [0.1, 0.15) is 25.3 Å². The van der Waals surface area contributed by atoms with Crippen LogP contribution < -0.4 is 0 Å². The van der Waals surface area contributed by atoms with Gasteiger partial charge >= 0.3 is 0 Å². The molecule has 1 N–H and O–H groups in total. The average molecular weight is 200 g/mol. The lowest BCUT2D eigenvalue weighted by Crippen LogP contribution is -1.98. The van der Waals surface area contributed by atoms with Crippen LogP contribution in [0.2, 0.25) is 0 Å². The van der Waals surface area contributed by atoms with Crippen molar-refractivity contribution >= 4 is 0 Å². The molecule has 1 heterocycles. The molecule has 76 valence electrons. The number of nitrogens with zero attached hydrogens (tertiary/aromatic N) is 3. The van der Waals surface area contributed by atoms with E-state index in [1.807, 2.05) is 0 Å². The number of rotatable bonds is 2. The lowest BCUT2D eigenvalue weighted by atomic mass is 9.97. The molecule has 1 aromatic heterocycles. The van der Waals surface area contributed by atoms with Gasteiger partial charge in [0, 0.05) is 5.56 Å². The largest absolute Gasteiger partial charge is 0.239 e. The molecule has 1 aliphatic carbocycles. The number of benzene rings is 1. The molecule has 0 amide bonds. The maximum absolute atomic E-state index is 3.88. The first kappa shape index (κ1) is 8.59. The van der Waals surface area contributed by atoms with E-state index in [1.54, 1.807) is 0 Å². The third-order valence-electron chi connectivity index (χ3n) is 3.20. The zero-order valence-corrected chi connectivity index (χ0v) is 8.57. The normalized spacial score (nSPS) is 17.7. The monoisotopic (exact) mass is 200 g/mol. The van der Waals surface area contributed by atoms with Crippen molar-refractivity contribution in [2.45, 2.75) is 25.2 Å². The number of nitrogens with one attached hydrogen (secondary N) is 1. The van der Waals surface area contributed by atoms with E-state index in [1.165, 1.54) is 18.4 Å². The van der Waals surface area contributed by atoms with E-state index < -0.39 is 0 Å². The van der Waals surface area contributed by atoms with E-state index in [9.17, 15) is 0 Å². The third kappa shape index (κ3) is 1.42. The number of H-pyrrole nitrogens is 1. The highest BCUT2D eigenvalue weighted by atomic mass is 15.5. The van der Waals surface area contributed by atoms with E-state index in [-0.39, 0.29) is 0 Å². The highest BCUT2D eigenvalue weighted by Gasteiger charge is 2.38. The van der Waals surface area contributed by atoms with Gasteiger partial charge in [-0.2, -0.15) is 0 Å². The number of hydrogen-bond donors (Lipinski definition) is 1. The van der Waals surface area contributed by atoms with Crippen LogP contribution in [0, 0.1) is 0 Å². The van der Waals surface area contributed by atoms with Gasteiger partial charge in [-0.15, -0.1) is 5.10 Å². The lowest BCUT2D eigenvalue weighted by molar-refractivity contribution is 0.788. The minimum Gasteiger partial charge on any atom is -0.239 e. The Bertz CT molecular complexity index is 454. The molecule has 1 saturated carbocycles. The van der Waals surface area contributed by atoms with Crippen molar-refractivity contribution < 1.29 is 0 Å². The Kier molecular flexibility index (Phi) is 1.65. The molecule has 0 unspecified atom stereocenters. The first-order chi connectivity index (χ1) is 7.28. The van der Waals surface area contributed by atoms with Crippen molar-refractivity contribution in [1.82, 2.24) is 20.6 Å². The molecular formula is C11H12N4. The quantitative estimate of drug-likeness (QED) is 0.805. The molecule has 0 saturated heterocycles. The van der Waals surface area contributed by atoms with Crippen LogP contribution in [0.4, 0.5) is 0 Å². The first-order valence-corrected chi connectivity index (χ1v) is 5.13. The Labute approximate surface area is 87.7 Å². The Morgan fingerprint density at radius 3 is 2.47 bits per heavy atom. The van der Waals surface area contributed by atoms with Crippen molar-refractivity contribution in [3.8, 4) is 11.4 Å². The zero-order valence-electron chi connectivity index (χ0n) is 8.57. The predicted octanol–water partition coefficient (Wildman–Crippen LogP) is 1.92. The van der Waals surface area contributed by atoms with E-state index in [2.05, 4.69) is 51.8 Å². The van der Waals surface area contributed by atoms with Crippen LogP contribution in [0.15, 0.2) is 24.3 Å². The summed E-state index contributed by atoms with van der Waals surface area (Å²) in [5, 5.41) is 13.8. The number of aromatic amines is 1. The molecule has 1 aromatic carbocycles. The predicted molar refractivity (Wildman–Crippen MR) is 56.2 cm³/mol. The van der Waals surface area contributed by atoms with E-state index in [0.29, 0.717) is 5.41 Å². The van der Waals surface area contributed by atoms with Gasteiger partial charge in [0.15, 0.2) is 5.82 Å². The number of aromatic nitrogens is 4. The summed E-state index contributed by atoms with van der Waals surface area (Å²) in [5.41, 5.74) is 2.88. The molecule has 4 nitrogen and oxygen atoms in total. The van der Waals surface area contributed by atoms with E-state index in [4.69, 9.17) is 0 Å². The van der Waals surface area contributed by atoms with Crippen molar-refractivity contribution in [3.05, 3.63) is 29.8 Å². The summed E-state index contributed by atoms with van der Waals surface area (Å²) in [7, 11) is 0. The minimum absolute atomic E-state index is 0.429. The highest BCUT2D eigenvalue weighted by Crippen LogP contribution is 2.47. The van der Waals surface area contributed by atoms with Gasteiger partial charge in [-0.3, -0.25) is 0 Å². The molecule has 2 aromatic rings. The van der Waals surface area contributed by atoms with E-state index in [0.717, 1.165) is 11.4 Å². The van der Waals surface area contributed by atoms with Gasteiger partial charge in [0.2, 0.25) is 0 Å².